The molecule has 0 spiro atoms. The van der Waals surface area contributed by atoms with Crippen LogP contribution in [0.3, 0.4) is 0 Å². The maximum absolute atomic E-state index is 12.8. The van der Waals surface area contributed by atoms with Gasteiger partial charge in [0.1, 0.15) is 0 Å². The van der Waals surface area contributed by atoms with Gasteiger partial charge in [-0.3, -0.25) is 9.48 Å². The van der Waals surface area contributed by atoms with Crippen LogP contribution in [0.25, 0.3) is 0 Å². The lowest BCUT2D eigenvalue weighted by Crippen LogP contribution is -2.29. The number of nitrogens with one attached hydrogen (secondary N) is 1. The number of hydrogen-bond acceptors (Lipinski definition) is 4. The van der Waals surface area contributed by atoms with E-state index in [1.54, 1.807) is 29.2 Å². The Labute approximate surface area is 141 Å². The van der Waals surface area contributed by atoms with E-state index in [2.05, 4.69) is 10.4 Å². The number of amides is 1. The van der Waals surface area contributed by atoms with E-state index >= 15 is 0 Å². The molecule has 0 atom stereocenters. The second-order valence-corrected chi connectivity index (χ2v) is 7.55. The summed E-state index contributed by atoms with van der Waals surface area (Å²) in [5.74, 6) is -0.455. The Bertz CT molecular complexity index is 839. The van der Waals surface area contributed by atoms with E-state index in [1.807, 2.05) is 6.92 Å². The van der Waals surface area contributed by atoms with E-state index in [-0.39, 0.29) is 10.5 Å². The average molecular weight is 348 g/mol. The molecule has 8 heteroatoms. The van der Waals surface area contributed by atoms with Crippen molar-refractivity contribution in [3.8, 4) is 0 Å². The number of aromatic nitrogens is 2. The molecule has 128 valence electrons. The van der Waals surface area contributed by atoms with Gasteiger partial charge in [-0.25, -0.2) is 8.42 Å². The Balaban J connectivity index is 1.89. The zero-order valence-corrected chi connectivity index (χ0v) is 14.3. The van der Waals surface area contributed by atoms with E-state index in [4.69, 9.17) is 0 Å². The van der Waals surface area contributed by atoms with Crippen LogP contribution in [0.5, 0.6) is 0 Å². The Hall–Kier alpha value is -2.19. The van der Waals surface area contributed by atoms with Crippen LogP contribution in [0, 0.1) is 0 Å². The molecule has 1 aromatic carbocycles. The van der Waals surface area contributed by atoms with E-state index in [0.29, 0.717) is 25.3 Å². The monoisotopic (exact) mass is 348 g/mol. The SMILES string of the molecule is CCn1cc(NC(=O)c2ccccc2S(=O)(=O)N2CCCC2)cn1. The van der Waals surface area contributed by atoms with Crippen molar-refractivity contribution in [3.05, 3.63) is 42.2 Å². The molecule has 3 rings (SSSR count). The Morgan fingerprint density at radius 3 is 2.62 bits per heavy atom. The van der Waals surface area contributed by atoms with Crippen LogP contribution in [0.1, 0.15) is 30.1 Å². The fourth-order valence-electron chi connectivity index (χ4n) is 2.75. The third kappa shape index (κ3) is 3.20. The smallest absolute Gasteiger partial charge is 0.257 e. The van der Waals surface area contributed by atoms with Gasteiger partial charge in [-0.2, -0.15) is 9.40 Å². The number of rotatable bonds is 5. The fraction of sp³-hybridized carbons (Fsp3) is 0.375. The van der Waals surface area contributed by atoms with Crippen molar-refractivity contribution < 1.29 is 13.2 Å². The first-order valence-electron chi connectivity index (χ1n) is 7.95. The van der Waals surface area contributed by atoms with Crippen LogP contribution < -0.4 is 5.32 Å². The number of anilines is 1. The maximum atomic E-state index is 12.8. The number of carbonyl (C=O) groups is 1. The molecule has 2 heterocycles. The summed E-state index contributed by atoms with van der Waals surface area (Å²) in [6.07, 6.45) is 4.95. The molecule has 0 unspecified atom stereocenters. The molecule has 0 radical (unpaired) electrons. The summed E-state index contributed by atoms with van der Waals surface area (Å²) in [4.78, 5) is 12.6. The minimum Gasteiger partial charge on any atom is -0.319 e. The first-order chi connectivity index (χ1) is 11.5. The van der Waals surface area contributed by atoms with E-state index in [9.17, 15) is 13.2 Å². The highest BCUT2D eigenvalue weighted by atomic mass is 32.2. The van der Waals surface area contributed by atoms with E-state index in [0.717, 1.165) is 12.8 Å². The first-order valence-corrected chi connectivity index (χ1v) is 9.39. The van der Waals surface area contributed by atoms with Gasteiger partial charge in [0.15, 0.2) is 0 Å². The van der Waals surface area contributed by atoms with Crippen molar-refractivity contribution in [2.45, 2.75) is 31.2 Å². The Morgan fingerprint density at radius 2 is 1.96 bits per heavy atom. The summed E-state index contributed by atoms with van der Waals surface area (Å²) < 4.78 is 28.7. The van der Waals surface area contributed by atoms with Crippen molar-refractivity contribution >= 4 is 21.6 Å². The van der Waals surface area contributed by atoms with Gasteiger partial charge in [0.25, 0.3) is 5.91 Å². The molecular weight excluding hydrogens is 328 g/mol. The summed E-state index contributed by atoms with van der Waals surface area (Å²) in [7, 11) is -3.65. The predicted octanol–water partition coefficient (Wildman–Crippen LogP) is 1.94. The summed E-state index contributed by atoms with van der Waals surface area (Å²) in [5, 5.41) is 6.80. The number of carbonyl (C=O) groups excluding carboxylic acids is 1. The van der Waals surface area contributed by atoms with Gasteiger partial charge in [0.05, 0.1) is 22.3 Å². The number of nitrogens with zero attached hydrogens (tertiary/aromatic N) is 3. The van der Waals surface area contributed by atoms with Crippen molar-refractivity contribution in [3.63, 3.8) is 0 Å². The zero-order valence-electron chi connectivity index (χ0n) is 13.5. The van der Waals surface area contributed by atoms with Crippen LogP contribution in [0.15, 0.2) is 41.6 Å². The van der Waals surface area contributed by atoms with Gasteiger partial charge in [0.2, 0.25) is 10.0 Å². The molecule has 1 saturated heterocycles. The maximum Gasteiger partial charge on any atom is 0.257 e. The quantitative estimate of drug-likeness (QED) is 0.895. The second kappa shape index (κ2) is 6.74. The van der Waals surface area contributed by atoms with Crippen LogP contribution in [0.4, 0.5) is 5.69 Å². The van der Waals surface area contributed by atoms with Crippen LogP contribution in [0.2, 0.25) is 0 Å². The van der Waals surface area contributed by atoms with Gasteiger partial charge in [-0.05, 0) is 31.9 Å². The van der Waals surface area contributed by atoms with Gasteiger partial charge in [-0.1, -0.05) is 12.1 Å². The van der Waals surface area contributed by atoms with Crippen LogP contribution in [-0.2, 0) is 16.6 Å². The largest absolute Gasteiger partial charge is 0.319 e. The number of aryl methyl sites for hydroxylation is 1. The molecule has 0 saturated carbocycles. The number of sulfonamides is 1. The summed E-state index contributed by atoms with van der Waals surface area (Å²) in [6.45, 7) is 3.63. The fourth-order valence-corrected chi connectivity index (χ4v) is 4.45. The molecule has 0 aliphatic carbocycles. The molecule has 1 amide bonds. The lowest BCUT2D eigenvalue weighted by molar-refractivity contribution is 0.102. The molecule has 1 aromatic heterocycles. The topological polar surface area (TPSA) is 84.3 Å². The molecule has 24 heavy (non-hydrogen) atoms. The lowest BCUT2D eigenvalue weighted by Gasteiger charge is -2.17. The molecule has 1 aliphatic heterocycles. The average Bonchev–Trinajstić information content (AvgIpc) is 3.26. The highest BCUT2D eigenvalue weighted by molar-refractivity contribution is 7.89. The lowest BCUT2D eigenvalue weighted by atomic mass is 10.2. The van der Waals surface area contributed by atoms with Crippen molar-refractivity contribution in [1.82, 2.24) is 14.1 Å². The van der Waals surface area contributed by atoms with Gasteiger partial charge in [0, 0.05) is 25.8 Å². The first kappa shape index (κ1) is 16.7. The molecule has 1 fully saturated rings. The van der Waals surface area contributed by atoms with Crippen molar-refractivity contribution in [2.75, 3.05) is 18.4 Å². The summed E-state index contributed by atoms with van der Waals surface area (Å²) >= 11 is 0. The zero-order chi connectivity index (χ0) is 17.2. The summed E-state index contributed by atoms with van der Waals surface area (Å²) in [6, 6.07) is 6.31. The number of hydrogen-bond donors (Lipinski definition) is 1. The third-order valence-electron chi connectivity index (χ3n) is 4.03. The normalized spacial score (nSPS) is 15.5. The second-order valence-electron chi connectivity index (χ2n) is 5.65. The summed E-state index contributed by atoms with van der Waals surface area (Å²) in [5.41, 5.74) is 0.684. The van der Waals surface area contributed by atoms with Crippen molar-refractivity contribution in [2.24, 2.45) is 0 Å². The Kier molecular flexibility index (Phi) is 4.68. The molecule has 1 aliphatic rings. The van der Waals surface area contributed by atoms with Gasteiger partial charge < -0.3 is 5.32 Å². The minimum absolute atomic E-state index is 0.0484. The van der Waals surface area contributed by atoms with Crippen LogP contribution in [-0.4, -0.2) is 41.5 Å². The van der Waals surface area contributed by atoms with Gasteiger partial charge >= 0.3 is 0 Å². The predicted molar refractivity (Wildman–Crippen MR) is 90.3 cm³/mol. The highest BCUT2D eigenvalue weighted by Crippen LogP contribution is 2.24. The molecule has 7 nitrogen and oxygen atoms in total. The van der Waals surface area contributed by atoms with Crippen molar-refractivity contribution in [1.29, 1.82) is 0 Å². The minimum atomic E-state index is -3.65. The van der Waals surface area contributed by atoms with Gasteiger partial charge in [-0.15, -0.1) is 0 Å². The number of benzene rings is 1. The van der Waals surface area contributed by atoms with E-state index < -0.39 is 15.9 Å². The van der Waals surface area contributed by atoms with E-state index in [1.165, 1.54) is 16.4 Å². The van der Waals surface area contributed by atoms with Crippen LogP contribution >= 0.6 is 0 Å². The molecule has 0 bridgehead atoms. The Morgan fingerprint density at radius 1 is 1.25 bits per heavy atom. The molecule has 1 N–H and O–H groups in total. The molecular formula is C16H20N4O3S. The standard InChI is InChI=1S/C16H20N4O3S/c1-2-19-12-13(11-17-19)18-16(21)14-7-3-4-8-15(14)24(22,23)20-9-5-6-10-20/h3-4,7-8,11-12H,2,5-6,9-10H2,1H3,(H,18,21). The third-order valence-corrected chi connectivity index (χ3v) is 5.99. The molecule has 2 aromatic rings. The highest BCUT2D eigenvalue weighted by Gasteiger charge is 2.30.